The first-order valence-corrected chi connectivity index (χ1v) is 6.75. The Balaban J connectivity index is 2.43. The molecular weight excluding hydrogens is 322 g/mol. The van der Waals surface area contributed by atoms with E-state index in [4.69, 9.17) is 9.47 Å². The number of methoxy groups -OCH3 is 2. The fourth-order valence-electron chi connectivity index (χ4n) is 1.96. The molecule has 0 aliphatic rings. The molecule has 0 atom stereocenters. The molecule has 0 bridgehead atoms. The number of ether oxygens (including phenoxy) is 2. The summed E-state index contributed by atoms with van der Waals surface area (Å²) in [6.07, 6.45) is 1.74. The number of halogens is 1. The lowest BCUT2D eigenvalue weighted by atomic mass is 10.00. The number of hydrogen-bond acceptors (Lipinski definition) is 4. The molecule has 1 aromatic heterocycles. The molecule has 0 aliphatic carbocycles. The van der Waals surface area contributed by atoms with Gasteiger partial charge in [0.1, 0.15) is 0 Å². The summed E-state index contributed by atoms with van der Waals surface area (Å²) < 4.78 is 10.6. The van der Waals surface area contributed by atoms with E-state index in [0.29, 0.717) is 11.4 Å². The molecule has 20 heavy (non-hydrogen) atoms. The number of hydrogen-bond donors (Lipinski definition) is 0. The molecular formula is C15H14BrNO3. The lowest BCUT2D eigenvalue weighted by molar-refractivity contribution is 0.0600. The van der Waals surface area contributed by atoms with E-state index in [1.807, 2.05) is 19.1 Å². The molecule has 1 heterocycles. The first-order valence-electron chi connectivity index (χ1n) is 5.95. The largest absolute Gasteiger partial charge is 0.480 e. The van der Waals surface area contributed by atoms with Crippen molar-refractivity contribution in [1.29, 1.82) is 0 Å². The van der Waals surface area contributed by atoms with Crippen molar-refractivity contribution in [3.05, 3.63) is 46.1 Å². The number of benzene rings is 1. The summed E-state index contributed by atoms with van der Waals surface area (Å²) in [6, 6.07) is 7.37. The third-order valence-electron chi connectivity index (χ3n) is 2.96. The summed E-state index contributed by atoms with van der Waals surface area (Å²) in [4.78, 5) is 15.7. The maximum atomic E-state index is 11.5. The van der Waals surface area contributed by atoms with E-state index in [1.54, 1.807) is 25.4 Å². The molecule has 0 fully saturated rings. The molecule has 1 aromatic carbocycles. The SMILES string of the molecule is COC(=O)c1ccc(-c2cnc(OC)c(Br)c2)c(C)c1. The van der Waals surface area contributed by atoms with Gasteiger partial charge in [0.25, 0.3) is 0 Å². The summed E-state index contributed by atoms with van der Waals surface area (Å²) >= 11 is 3.42. The van der Waals surface area contributed by atoms with Crippen LogP contribution < -0.4 is 4.74 Å². The van der Waals surface area contributed by atoms with Crippen LogP contribution in [-0.4, -0.2) is 25.2 Å². The van der Waals surface area contributed by atoms with Gasteiger partial charge in [-0.1, -0.05) is 6.07 Å². The number of nitrogens with zero attached hydrogens (tertiary/aromatic N) is 1. The van der Waals surface area contributed by atoms with Crippen LogP contribution in [0.3, 0.4) is 0 Å². The van der Waals surface area contributed by atoms with Crippen molar-refractivity contribution < 1.29 is 14.3 Å². The van der Waals surface area contributed by atoms with E-state index in [2.05, 4.69) is 20.9 Å². The predicted molar refractivity (Wildman–Crippen MR) is 80.0 cm³/mol. The number of aromatic nitrogens is 1. The maximum Gasteiger partial charge on any atom is 0.337 e. The van der Waals surface area contributed by atoms with Gasteiger partial charge in [-0.05, 0) is 52.2 Å². The summed E-state index contributed by atoms with van der Waals surface area (Å²) in [6.45, 7) is 1.94. The third-order valence-corrected chi connectivity index (χ3v) is 3.53. The van der Waals surface area contributed by atoms with Crippen LogP contribution in [0.2, 0.25) is 0 Å². The second kappa shape index (κ2) is 6.05. The minimum atomic E-state index is -0.339. The van der Waals surface area contributed by atoms with Crippen LogP contribution in [-0.2, 0) is 4.74 Å². The molecule has 2 aromatic rings. The molecule has 104 valence electrons. The van der Waals surface area contributed by atoms with Crippen LogP contribution in [0.5, 0.6) is 5.88 Å². The van der Waals surface area contributed by atoms with Gasteiger partial charge in [-0.25, -0.2) is 9.78 Å². The number of carbonyl (C=O) groups is 1. The van der Waals surface area contributed by atoms with Crippen LogP contribution in [0, 0.1) is 6.92 Å². The second-order valence-corrected chi connectivity index (χ2v) is 5.09. The highest BCUT2D eigenvalue weighted by molar-refractivity contribution is 9.10. The Bertz CT molecular complexity index is 656. The summed E-state index contributed by atoms with van der Waals surface area (Å²) in [5.74, 6) is 0.200. The van der Waals surface area contributed by atoms with E-state index < -0.39 is 0 Å². The van der Waals surface area contributed by atoms with Crippen LogP contribution in [0.25, 0.3) is 11.1 Å². The third kappa shape index (κ3) is 2.82. The van der Waals surface area contributed by atoms with Gasteiger partial charge in [0.2, 0.25) is 5.88 Å². The van der Waals surface area contributed by atoms with Crippen molar-refractivity contribution >= 4 is 21.9 Å². The molecule has 0 radical (unpaired) electrons. The Labute approximate surface area is 125 Å². The Kier molecular flexibility index (Phi) is 4.39. The van der Waals surface area contributed by atoms with Crippen molar-refractivity contribution in [3.8, 4) is 17.0 Å². The molecule has 0 saturated heterocycles. The van der Waals surface area contributed by atoms with Gasteiger partial charge in [-0.3, -0.25) is 0 Å². The molecule has 0 saturated carbocycles. The lowest BCUT2D eigenvalue weighted by Crippen LogP contribution is -2.01. The number of pyridine rings is 1. The van der Waals surface area contributed by atoms with Crippen molar-refractivity contribution in [3.63, 3.8) is 0 Å². The van der Waals surface area contributed by atoms with E-state index in [0.717, 1.165) is 21.2 Å². The average Bonchev–Trinajstić information content (AvgIpc) is 2.46. The zero-order valence-corrected chi connectivity index (χ0v) is 13.0. The number of esters is 1. The zero-order chi connectivity index (χ0) is 14.7. The van der Waals surface area contributed by atoms with Crippen LogP contribution in [0.15, 0.2) is 34.9 Å². The Morgan fingerprint density at radius 2 is 2.00 bits per heavy atom. The molecule has 0 unspecified atom stereocenters. The smallest absolute Gasteiger partial charge is 0.337 e. The van der Waals surface area contributed by atoms with E-state index >= 15 is 0 Å². The molecule has 4 nitrogen and oxygen atoms in total. The molecule has 5 heteroatoms. The van der Waals surface area contributed by atoms with Crippen molar-refractivity contribution in [1.82, 2.24) is 4.98 Å². The quantitative estimate of drug-likeness (QED) is 0.804. The fraction of sp³-hybridized carbons (Fsp3) is 0.200. The minimum absolute atomic E-state index is 0.339. The highest BCUT2D eigenvalue weighted by Crippen LogP contribution is 2.30. The Hall–Kier alpha value is -1.88. The normalized spacial score (nSPS) is 10.2. The maximum absolute atomic E-state index is 11.5. The molecule has 2 rings (SSSR count). The standard InChI is InChI=1S/C15H14BrNO3/c1-9-6-10(15(18)20-3)4-5-12(9)11-7-13(16)14(19-2)17-8-11/h4-8H,1-3H3. The highest BCUT2D eigenvalue weighted by atomic mass is 79.9. The molecule has 0 amide bonds. The van der Waals surface area contributed by atoms with E-state index in [9.17, 15) is 4.79 Å². The topological polar surface area (TPSA) is 48.4 Å². The van der Waals surface area contributed by atoms with Gasteiger partial charge in [0.05, 0.1) is 24.3 Å². The van der Waals surface area contributed by atoms with E-state index in [-0.39, 0.29) is 5.97 Å². The molecule has 0 N–H and O–H groups in total. The first kappa shape index (κ1) is 14.5. The summed E-state index contributed by atoms with van der Waals surface area (Å²) in [5, 5.41) is 0. The zero-order valence-electron chi connectivity index (χ0n) is 11.4. The van der Waals surface area contributed by atoms with Crippen molar-refractivity contribution in [2.45, 2.75) is 6.92 Å². The Morgan fingerprint density at radius 3 is 2.55 bits per heavy atom. The minimum Gasteiger partial charge on any atom is -0.480 e. The average molecular weight is 336 g/mol. The Morgan fingerprint density at radius 1 is 1.25 bits per heavy atom. The monoisotopic (exact) mass is 335 g/mol. The van der Waals surface area contributed by atoms with Gasteiger partial charge >= 0.3 is 5.97 Å². The first-order chi connectivity index (χ1) is 9.56. The van der Waals surface area contributed by atoms with Gasteiger partial charge < -0.3 is 9.47 Å². The summed E-state index contributed by atoms with van der Waals surface area (Å²) in [7, 11) is 2.94. The number of carbonyl (C=O) groups excluding carboxylic acids is 1. The summed E-state index contributed by atoms with van der Waals surface area (Å²) in [5.41, 5.74) is 3.47. The number of rotatable bonds is 3. The predicted octanol–water partition coefficient (Wildman–Crippen LogP) is 3.61. The van der Waals surface area contributed by atoms with Crippen LogP contribution >= 0.6 is 15.9 Å². The van der Waals surface area contributed by atoms with E-state index in [1.165, 1.54) is 7.11 Å². The molecule has 0 aliphatic heterocycles. The van der Waals surface area contributed by atoms with Crippen LogP contribution in [0.4, 0.5) is 0 Å². The van der Waals surface area contributed by atoms with Crippen LogP contribution in [0.1, 0.15) is 15.9 Å². The van der Waals surface area contributed by atoms with Crippen molar-refractivity contribution in [2.24, 2.45) is 0 Å². The molecule has 0 spiro atoms. The number of aryl methyl sites for hydroxylation is 1. The van der Waals surface area contributed by atoms with Crippen molar-refractivity contribution in [2.75, 3.05) is 14.2 Å². The lowest BCUT2D eigenvalue weighted by Gasteiger charge is -2.09. The van der Waals surface area contributed by atoms with Gasteiger partial charge in [0, 0.05) is 11.8 Å². The van der Waals surface area contributed by atoms with Gasteiger partial charge in [-0.15, -0.1) is 0 Å². The second-order valence-electron chi connectivity index (χ2n) is 4.24. The van der Waals surface area contributed by atoms with Gasteiger partial charge in [-0.2, -0.15) is 0 Å². The highest BCUT2D eigenvalue weighted by Gasteiger charge is 2.10. The van der Waals surface area contributed by atoms with Gasteiger partial charge in [0.15, 0.2) is 0 Å². The fourth-order valence-corrected chi connectivity index (χ4v) is 2.47.